The van der Waals surface area contributed by atoms with E-state index in [-0.39, 0.29) is 1.43 Å². The summed E-state index contributed by atoms with van der Waals surface area (Å²) in [6.45, 7) is 5.66. The second-order valence-corrected chi connectivity index (χ2v) is 4.47. The van der Waals surface area contributed by atoms with Gasteiger partial charge in [0, 0.05) is 7.47 Å². The molecule has 14 heavy (non-hydrogen) atoms. The fourth-order valence-electron chi connectivity index (χ4n) is 2.08. The summed E-state index contributed by atoms with van der Waals surface area (Å²) in [6, 6.07) is 9.69. The zero-order valence-electron chi connectivity index (χ0n) is 9.09. The molecule has 1 nitrogen and oxygen atoms in total. The van der Waals surface area contributed by atoms with E-state index < -0.39 is 0 Å². The quantitative estimate of drug-likeness (QED) is 0.754. The Morgan fingerprint density at radius 3 is 2.50 bits per heavy atom. The molecule has 1 fully saturated rings. The second-order valence-electron chi connectivity index (χ2n) is 4.47. The molecule has 1 aliphatic heterocycles. The SMILES string of the molecule is CC(C)c1ccc(C2CCCN2)cc1.[HH]. The van der Waals surface area contributed by atoms with Gasteiger partial charge in [-0.1, -0.05) is 38.1 Å². The highest BCUT2D eigenvalue weighted by molar-refractivity contribution is 5.27. The molecule has 1 aromatic carbocycles. The summed E-state index contributed by atoms with van der Waals surface area (Å²) in [5.41, 5.74) is 2.89. The zero-order chi connectivity index (χ0) is 9.97. The Morgan fingerprint density at radius 2 is 2.00 bits per heavy atom. The molecule has 1 heteroatoms. The summed E-state index contributed by atoms with van der Waals surface area (Å²) in [7, 11) is 0. The Morgan fingerprint density at radius 1 is 1.29 bits per heavy atom. The van der Waals surface area contributed by atoms with Crippen LogP contribution < -0.4 is 5.32 Å². The molecule has 1 N–H and O–H groups in total. The fraction of sp³-hybridized carbons (Fsp3) is 0.538. The zero-order valence-corrected chi connectivity index (χ0v) is 9.09. The van der Waals surface area contributed by atoms with E-state index in [1.807, 2.05) is 0 Å². The van der Waals surface area contributed by atoms with E-state index in [0.717, 1.165) is 0 Å². The first-order chi connectivity index (χ1) is 6.77. The molecule has 1 atom stereocenters. The van der Waals surface area contributed by atoms with Crippen LogP contribution in [0.2, 0.25) is 0 Å². The molecule has 0 aliphatic carbocycles. The molecule has 0 amide bonds. The van der Waals surface area contributed by atoms with Gasteiger partial charge in [0.15, 0.2) is 0 Å². The highest BCUT2D eigenvalue weighted by atomic mass is 14.9. The van der Waals surface area contributed by atoms with Gasteiger partial charge in [0.25, 0.3) is 0 Å². The van der Waals surface area contributed by atoms with Crippen LogP contribution >= 0.6 is 0 Å². The minimum atomic E-state index is 0. The maximum Gasteiger partial charge on any atom is 0.0320 e. The predicted octanol–water partition coefficient (Wildman–Crippen LogP) is 3.48. The molecule has 1 saturated heterocycles. The van der Waals surface area contributed by atoms with Gasteiger partial charge in [0.2, 0.25) is 0 Å². The van der Waals surface area contributed by atoms with Gasteiger partial charge in [-0.2, -0.15) is 0 Å². The van der Waals surface area contributed by atoms with Crippen LogP contribution in [0.15, 0.2) is 24.3 Å². The first-order valence-corrected chi connectivity index (χ1v) is 5.60. The average molecular weight is 191 g/mol. The van der Waals surface area contributed by atoms with Crippen molar-refractivity contribution in [2.75, 3.05) is 6.54 Å². The van der Waals surface area contributed by atoms with E-state index in [9.17, 15) is 0 Å². The number of rotatable bonds is 2. The summed E-state index contributed by atoms with van der Waals surface area (Å²) in [6.07, 6.45) is 2.61. The summed E-state index contributed by atoms with van der Waals surface area (Å²) >= 11 is 0. The number of nitrogens with one attached hydrogen (secondary N) is 1. The van der Waals surface area contributed by atoms with Crippen molar-refractivity contribution in [3.63, 3.8) is 0 Å². The lowest BCUT2D eigenvalue weighted by Gasteiger charge is -2.12. The van der Waals surface area contributed by atoms with Crippen molar-refractivity contribution in [2.45, 2.75) is 38.6 Å². The summed E-state index contributed by atoms with van der Waals surface area (Å²) in [4.78, 5) is 0. The molecule has 0 saturated carbocycles. The molecule has 0 aromatic heterocycles. The first kappa shape index (κ1) is 9.72. The second kappa shape index (κ2) is 4.14. The van der Waals surface area contributed by atoms with E-state index in [4.69, 9.17) is 0 Å². The Bertz CT molecular complexity index is 286. The Kier molecular flexibility index (Phi) is 2.87. The highest BCUT2D eigenvalue weighted by Crippen LogP contribution is 2.24. The predicted molar refractivity (Wildman–Crippen MR) is 62.6 cm³/mol. The van der Waals surface area contributed by atoms with Crippen LogP contribution in [-0.2, 0) is 0 Å². The molecule has 1 heterocycles. The van der Waals surface area contributed by atoms with Crippen LogP contribution in [0.1, 0.15) is 51.2 Å². The minimum absolute atomic E-state index is 0. The van der Waals surface area contributed by atoms with Crippen molar-refractivity contribution >= 4 is 0 Å². The van der Waals surface area contributed by atoms with Crippen LogP contribution in [0.4, 0.5) is 0 Å². The van der Waals surface area contributed by atoms with Crippen LogP contribution in [0.5, 0.6) is 0 Å². The van der Waals surface area contributed by atoms with Crippen molar-refractivity contribution in [2.24, 2.45) is 0 Å². The van der Waals surface area contributed by atoms with Gasteiger partial charge in [-0.05, 0) is 36.4 Å². The van der Waals surface area contributed by atoms with Crippen LogP contribution in [0, 0.1) is 0 Å². The Labute approximate surface area is 88.0 Å². The fourth-order valence-corrected chi connectivity index (χ4v) is 2.08. The molecular formula is C13H21N. The molecule has 0 radical (unpaired) electrons. The largest absolute Gasteiger partial charge is 0.310 e. The smallest absolute Gasteiger partial charge is 0.0320 e. The molecule has 1 aromatic rings. The molecule has 78 valence electrons. The summed E-state index contributed by atoms with van der Waals surface area (Å²) < 4.78 is 0. The van der Waals surface area contributed by atoms with Crippen molar-refractivity contribution in [1.29, 1.82) is 0 Å². The molecular weight excluding hydrogens is 170 g/mol. The monoisotopic (exact) mass is 191 g/mol. The van der Waals surface area contributed by atoms with Crippen molar-refractivity contribution in [1.82, 2.24) is 5.32 Å². The minimum Gasteiger partial charge on any atom is -0.310 e. The molecule has 1 aliphatic rings. The van der Waals surface area contributed by atoms with E-state index in [2.05, 4.69) is 43.4 Å². The third-order valence-corrected chi connectivity index (χ3v) is 3.07. The number of hydrogen-bond acceptors (Lipinski definition) is 1. The lowest BCUT2D eigenvalue weighted by molar-refractivity contribution is 0.647. The molecule has 0 spiro atoms. The lowest BCUT2D eigenvalue weighted by atomic mass is 9.98. The van der Waals surface area contributed by atoms with Crippen molar-refractivity contribution in [3.8, 4) is 0 Å². The van der Waals surface area contributed by atoms with Gasteiger partial charge in [-0.25, -0.2) is 0 Å². The van der Waals surface area contributed by atoms with Crippen LogP contribution in [0.25, 0.3) is 0 Å². The number of benzene rings is 1. The van der Waals surface area contributed by atoms with Gasteiger partial charge in [-0.3, -0.25) is 0 Å². The van der Waals surface area contributed by atoms with Crippen molar-refractivity contribution < 1.29 is 1.43 Å². The maximum absolute atomic E-state index is 3.52. The van der Waals surface area contributed by atoms with E-state index in [1.54, 1.807) is 0 Å². The standard InChI is InChI=1S/C13H19N.H2/c1-10(2)11-5-7-12(8-6-11)13-4-3-9-14-13;/h5-8,10,13-14H,3-4,9H2,1-2H3;1H. The molecule has 0 bridgehead atoms. The van der Waals surface area contributed by atoms with Crippen molar-refractivity contribution in [3.05, 3.63) is 35.4 Å². The lowest BCUT2D eigenvalue weighted by Crippen LogP contribution is -2.12. The van der Waals surface area contributed by atoms with Crippen LogP contribution in [0.3, 0.4) is 0 Å². The third kappa shape index (κ3) is 1.98. The number of hydrogen-bond donors (Lipinski definition) is 1. The van der Waals surface area contributed by atoms with Gasteiger partial charge < -0.3 is 5.32 Å². The molecule has 1 unspecified atom stereocenters. The summed E-state index contributed by atoms with van der Waals surface area (Å²) in [5, 5.41) is 3.52. The van der Waals surface area contributed by atoms with Gasteiger partial charge in [0.1, 0.15) is 0 Å². The average Bonchev–Trinajstić information content (AvgIpc) is 2.71. The summed E-state index contributed by atoms with van der Waals surface area (Å²) in [5.74, 6) is 0.639. The van der Waals surface area contributed by atoms with Gasteiger partial charge >= 0.3 is 0 Å². The Hall–Kier alpha value is -0.820. The maximum atomic E-state index is 3.52. The van der Waals surface area contributed by atoms with E-state index in [1.165, 1.54) is 30.5 Å². The van der Waals surface area contributed by atoms with E-state index in [0.29, 0.717) is 12.0 Å². The topological polar surface area (TPSA) is 12.0 Å². The first-order valence-electron chi connectivity index (χ1n) is 5.60. The Balaban J connectivity index is 0.00000112. The normalized spacial score (nSPS) is 21.8. The van der Waals surface area contributed by atoms with Crippen LogP contribution in [-0.4, -0.2) is 6.54 Å². The highest BCUT2D eigenvalue weighted by Gasteiger charge is 2.15. The third-order valence-electron chi connectivity index (χ3n) is 3.07. The van der Waals surface area contributed by atoms with E-state index >= 15 is 0 Å². The van der Waals surface area contributed by atoms with Gasteiger partial charge in [0.05, 0.1) is 0 Å². The molecule has 2 rings (SSSR count). The van der Waals surface area contributed by atoms with Gasteiger partial charge in [-0.15, -0.1) is 0 Å².